The molecule has 154 valence electrons. The maximum atomic E-state index is 12.8. The van der Waals surface area contributed by atoms with Crippen LogP contribution in [-0.2, 0) is 20.9 Å². The van der Waals surface area contributed by atoms with Crippen LogP contribution in [0.4, 0.5) is 4.39 Å². The van der Waals surface area contributed by atoms with Gasteiger partial charge in [0.15, 0.2) is 5.12 Å². The zero-order valence-electron chi connectivity index (χ0n) is 16.7. The molecule has 0 heterocycles. The van der Waals surface area contributed by atoms with Gasteiger partial charge in [-0.15, -0.1) is 0 Å². The number of rotatable bonds is 17. The molecule has 5 heteroatoms. The van der Waals surface area contributed by atoms with E-state index in [1.807, 2.05) is 0 Å². The van der Waals surface area contributed by atoms with Gasteiger partial charge in [-0.3, -0.25) is 4.79 Å². The average molecular weight is 399 g/mol. The second kappa shape index (κ2) is 17.2. The summed E-state index contributed by atoms with van der Waals surface area (Å²) in [4.78, 5) is 10.8. The third-order valence-electron chi connectivity index (χ3n) is 4.29. The van der Waals surface area contributed by atoms with Gasteiger partial charge in [-0.1, -0.05) is 68.8 Å². The molecule has 0 unspecified atom stereocenters. The van der Waals surface area contributed by atoms with E-state index in [9.17, 15) is 9.18 Å². The molecule has 0 aromatic heterocycles. The first-order chi connectivity index (χ1) is 13.2. The molecule has 0 fully saturated rings. The van der Waals surface area contributed by atoms with Crippen molar-refractivity contribution in [3.8, 4) is 0 Å². The van der Waals surface area contributed by atoms with Gasteiger partial charge in [-0.25, -0.2) is 4.39 Å². The van der Waals surface area contributed by atoms with E-state index >= 15 is 0 Å². The standard InChI is InChI=1S/C22H35FO3S/c1-20(24)27-18-10-8-6-4-2-3-5-7-9-15-25-16-17-26-19-21-11-13-22(23)14-12-21/h11-14H,2-10,15-19H2,1H3. The Labute approximate surface area is 168 Å². The smallest absolute Gasteiger partial charge is 0.185 e. The Morgan fingerprint density at radius 3 is 2.00 bits per heavy atom. The number of hydrogen-bond donors (Lipinski definition) is 0. The van der Waals surface area contributed by atoms with Gasteiger partial charge in [0.1, 0.15) is 5.82 Å². The van der Waals surface area contributed by atoms with Crippen molar-refractivity contribution in [1.82, 2.24) is 0 Å². The second-order valence-corrected chi connectivity index (χ2v) is 8.09. The van der Waals surface area contributed by atoms with Crippen LogP contribution in [0.5, 0.6) is 0 Å². The Morgan fingerprint density at radius 1 is 0.815 bits per heavy atom. The third-order valence-corrected chi connectivity index (χ3v) is 5.19. The van der Waals surface area contributed by atoms with Crippen molar-refractivity contribution in [2.45, 2.75) is 71.3 Å². The lowest BCUT2D eigenvalue weighted by atomic mass is 10.1. The fourth-order valence-electron chi connectivity index (χ4n) is 2.75. The van der Waals surface area contributed by atoms with E-state index in [4.69, 9.17) is 9.47 Å². The minimum atomic E-state index is -0.220. The van der Waals surface area contributed by atoms with Crippen molar-refractivity contribution in [1.29, 1.82) is 0 Å². The van der Waals surface area contributed by atoms with Crippen LogP contribution in [0.25, 0.3) is 0 Å². The van der Waals surface area contributed by atoms with E-state index in [1.54, 1.807) is 19.1 Å². The van der Waals surface area contributed by atoms with Crippen LogP contribution in [0.1, 0.15) is 70.3 Å². The van der Waals surface area contributed by atoms with Gasteiger partial charge >= 0.3 is 0 Å². The van der Waals surface area contributed by atoms with Crippen LogP contribution >= 0.6 is 11.8 Å². The number of halogens is 1. The summed E-state index contributed by atoms with van der Waals surface area (Å²) in [6, 6.07) is 6.38. The van der Waals surface area contributed by atoms with Crippen molar-refractivity contribution in [2.24, 2.45) is 0 Å². The molecule has 3 nitrogen and oxygen atoms in total. The van der Waals surface area contributed by atoms with Crippen molar-refractivity contribution in [3.05, 3.63) is 35.6 Å². The lowest BCUT2D eigenvalue weighted by molar-refractivity contribution is -0.109. The number of hydrogen-bond acceptors (Lipinski definition) is 4. The number of ether oxygens (including phenoxy) is 2. The van der Waals surface area contributed by atoms with Crippen molar-refractivity contribution in [3.63, 3.8) is 0 Å². The Hall–Kier alpha value is -0.910. The molecule has 0 bridgehead atoms. The summed E-state index contributed by atoms with van der Waals surface area (Å²) in [6.45, 7) is 4.12. The summed E-state index contributed by atoms with van der Waals surface area (Å²) < 4.78 is 23.9. The topological polar surface area (TPSA) is 35.5 Å². The number of carbonyl (C=O) groups is 1. The summed E-state index contributed by atoms with van der Waals surface area (Å²) in [5.41, 5.74) is 0.978. The van der Waals surface area contributed by atoms with Gasteiger partial charge in [0.25, 0.3) is 0 Å². The molecule has 0 saturated carbocycles. The van der Waals surface area contributed by atoms with Crippen LogP contribution in [0, 0.1) is 5.82 Å². The van der Waals surface area contributed by atoms with Crippen LogP contribution in [0.2, 0.25) is 0 Å². The Kier molecular flexibility index (Phi) is 15.4. The molecule has 1 rings (SSSR count). The number of carbonyl (C=O) groups excluding carboxylic acids is 1. The van der Waals surface area contributed by atoms with Crippen LogP contribution < -0.4 is 0 Å². The maximum Gasteiger partial charge on any atom is 0.185 e. The summed E-state index contributed by atoms with van der Waals surface area (Å²) in [5, 5.41) is 0.233. The Bertz CT molecular complexity index is 479. The van der Waals surface area contributed by atoms with Gasteiger partial charge in [0.05, 0.1) is 19.8 Å². The quantitative estimate of drug-likeness (QED) is 0.295. The van der Waals surface area contributed by atoms with E-state index in [1.165, 1.54) is 68.8 Å². The molecule has 0 spiro atoms. The van der Waals surface area contributed by atoms with Crippen LogP contribution in [0.3, 0.4) is 0 Å². The molecule has 0 amide bonds. The fraction of sp³-hybridized carbons (Fsp3) is 0.682. The minimum Gasteiger partial charge on any atom is -0.379 e. The molecule has 1 aromatic rings. The van der Waals surface area contributed by atoms with Crippen molar-refractivity contribution in [2.75, 3.05) is 25.6 Å². The molecule has 0 atom stereocenters. The molecule has 0 aliphatic rings. The van der Waals surface area contributed by atoms with Gasteiger partial charge in [0.2, 0.25) is 0 Å². The zero-order chi connectivity index (χ0) is 19.6. The summed E-state index contributed by atoms with van der Waals surface area (Å²) in [7, 11) is 0. The predicted molar refractivity (Wildman–Crippen MR) is 112 cm³/mol. The van der Waals surface area contributed by atoms with Gasteiger partial charge in [-0.05, 0) is 30.5 Å². The first-order valence-corrected chi connectivity index (χ1v) is 11.2. The molecular formula is C22H35FO3S. The van der Waals surface area contributed by atoms with Crippen molar-refractivity contribution < 1.29 is 18.7 Å². The zero-order valence-corrected chi connectivity index (χ0v) is 17.5. The highest BCUT2D eigenvalue weighted by Crippen LogP contribution is 2.12. The number of thioether (sulfide) groups is 1. The molecular weight excluding hydrogens is 363 g/mol. The number of unbranched alkanes of at least 4 members (excludes halogenated alkanes) is 8. The molecule has 0 radical (unpaired) electrons. The molecule has 0 aliphatic heterocycles. The van der Waals surface area contributed by atoms with E-state index < -0.39 is 0 Å². The first kappa shape index (κ1) is 24.1. The highest BCUT2D eigenvalue weighted by molar-refractivity contribution is 8.13. The van der Waals surface area contributed by atoms with Crippen molar-refractivity contribution >= 4 is 16.9 Å². The molecule has 1 aromatic carbocycles. The average Bonchev–Trinajstić information content (AvgIpc) is 2.65. The fourth-order valence-corrected chi connectivity index (χ4v) is 3.39. The van der Waals surface area contributed by atoms with Crippen LogP contribution in [-0.4, -0.2) is 30.7 Å². The predicted octanol–water partition coefficient (Wildman–Crippen LogP) is 6.15. The summed E-state index contributed by atoms with van der Waals surface area (Å²) in [5.74, 6) is 0.759. The normalized spacial score (nSPS) is 11.0. The minimum absolute atomic E-state index is 0.220. The monoisotopic (exact) mass is 398 g/mol. The lowest BCUT2D eigenvalue weighted by Crippen LogP contribution is -2.05. The molecule has 0 saturated heterocycles. The second-order valence-electron chi connectivity index (χ2n) is 6.81. The van der Waals surface area contributed by atoms with Crippen LogP contribution in [0.15, 0.2) is 24.3 Å². The van der Waals surface area contributed by atoms with E-state index in [-0.39, 0.29) is 10.9 Å². The first-order valence-electron chi connectivity index (χ1n) is 10.2. The summed E-state index contributed by atoms with van der Waals surface area (Å²) in [6.07, 6.45) is 11.3. The Morgan fingerprint density at radius 2 is 1.37 bits per heavy atom. The van der Waals surface area contributed by atoms with E-state index in [0.29, 0.717) is 19.8 Å². The maximum absolute atomic E-state index is 12.8. The SMILES string of the molecule is CC(=O)SCCCCCCCCCCCOCCOCc1ccc(F)cc1. The van der Waals surface area contributed by atoms with E-state index in [2.05, 4.69) is 0 Å². The highest BCUT2D eigenvalue weighted by atomic mass is 32.2. The third kappa shape index (κ3) is 15.8. The van der Waals surface area contributed by atoms with Gasteiger partial charge < -0.3 is 9.47 Å². The highest BCUT2D eigenvalue weighted by Gasteiger charge is 1.97. The molecule has 27 heavy (non-hydrogen) atoms. The molecule has 0 N–H and O–H groups in total. The van der Waals surface area contributed by atoms with Gasteiger partial charge in [-0.2, -0.15) is 0 Å². The Balaban J connectivity index is 1.73. The summed E-state index contributed by atoms with van der Waals surface area (Å²) >= 11 is 1.45. The van der Waals surface area contributed by atoms with E-state index in [0.717, 1.165) is 30.8 Å². The molecule has 0 aliphatic carbocycles. The van der Waals surface area contributed by atoms with Gasteiger partial charge in [0, 0.05) is 19.3 Å². The number of benzene rings is 1. The lowest BCUT2D eigenvalue weighted by Gasteiger charge is -2.06. The largest absolute Gasteiger partial charge is 0.379 e.